The number of hydrogen-bond acceptors (Lipinski definition) is 4. The maximum atomic E-state index is 8.82. The Morgan fingerprint density at radius 3 is 1.94 bits per heavy atom. The second kappa shape index (κ2) is 11.9. The van der Waals surface area contributed by atoms with E-state index in [0.29, 0.717) is 13.2 Å². The summed E-state index contributed by atoms with van der Waals surface area (Å²) in [6.45, 7) is 9.96. The van der Waals surface area contributed by atoms with Gasteiger partial charge in [0.05, 0.1) is 38.1 Å². The standard InChI is InChI=1S/C14H30O4/c1-5-6-7-8-16-13(3)10-18-14(4)11-17-12(2)9-15/h12-15H,5-11H2,1-4H3. The van der Waals surface area contributed by atoms with Crippen molar-refractivity contribution in [3.8, 4) is 0 Å². The molecule has 0 aromatic heterocycles. The third-order valence-electron chi connectivity index (χ3n) is 2.64. The van der Waals surface area contributed by atoms with Gasteiger partial charge in [-0.15, -0.1) is 0 Å². The van der Waals surface area contributed by atoms with Crippen LogP contribution < -0.4 is 0 Å². The molecule has 0 aliphatic heterocycles. The highest BCUT2D eigenvalue weighted by molar-refractivity contribution is 4.54. The zero-order chi connectivity index (χ0) is 13.8. The number of unbranched alkanes of at least 4 members (excludes halogenated alkanes) is 2. The second-order valence-electron chi connectivity index (χ2n) is 4.86. The van der Waals surface area contributed by atoms with Gasteiger partial charge >= 0.3 is 0 Å². The van der Waals surface area contributed by atoms with Crippen LogP contribution in [0.15, 0.2) is 0 Å². The lowest BCUT2D eigenvalue weighted by atomic mass is 10.3. The summed E-state index contributed by atoms with van der Waals surface area (Å²) in [5.41, 5.74) is 0. The molecular formula is C14H30O4. The number of hydrogen-bond donors (Lipinski definition) is 1. The highest BCUT2D eigenvalue weighted by Crippen LogP contribution is 2.01. The zero-order valence-electron chi connectivity index (χ0n) is 12.4. The monoisotopic (exact) mass is 262 g/mol. The fourth-order valence-electron chi connectivity index (χ4n) is 1.39. The molecule has 110 valence electrons. The second-order valence-corrected chi connectivity index (χ2v) is 4.86. The predicted octanol–water partition coefficient (Wildman–Crippen LogP) is 2.38. The summed E-state index contributed by atoms with van der Waals surface area (Å²) in [6.07, 6.45) is 3.58. The van der Waals surface area contributed by atoms with Crippen LogP contribution in [0.25, 0.3) is 0 Å². The average Bonchev–Trinajstić information content (AvgIpc) is 2.38. The molecule has 3 atom stereocenters. The van der Waals surface area contributed by atoms with E-state index in [-0.39, 0.29) is 24.9 Å². The van der Waals surface area contributed by atoms with Crippen molar-refractivity contribution in [2.75, 3.05) is 26.4 Å². The Morgan fingerprint density at radius 2 is 1.39 bits per heavy atom. The Labute approximate surface area is 112 Å². The summed E-state index contributed by atoms with van der Waals surface area (Å²) in [7, 11) is 0. The van der Waals surface area contributed by atoms with Gasteiger partial charge in [0.2, 0.25) is 0 Å². The highest BCUT2D eigenvalue weighted by Gasteiger charge is 2.09. The van der Waals surface area contributed by atoms with Crippen LogP contribution in [0, 0.1) is 0 Å². The van der Waals surface area contributed by atoms with Crippen LogP contribution in [0.5, 0.6) is 0 Å². The molecule has 0 aromatic carbocycles. The van der Waals surface area contributed by atoms with Crippen molar-refractivity contribution in [3.63, 3.8) is 0 Å². The van der Waals surface area contributed by atoms with Crippen molar-refractivity contribution >= 4 is 0 Å². The Bertz CT molecular complexity index is 175. The molecule has 4 nitrogen and oxygen atoms in total. The van der Waals surface area contributed by atoms with Crippen molar-refractivity contribution in [3.05, 3.63) is 0 Å². The topological polar surface area (TPSA) is 47.9 Å². The van der Waals surface area contributed by atoms with E-state index in [1.807, 2.05) is 20.8 Å². The molecule has 4 heteroatoms. The minimum absolute atomic E-state index is 0.0284. The molecule has 0 radical (unpaired) electrons. The minimum atomic E-state index is -0.126. The third-order valence-corrected chi connectivity index (χ3v) is 2.64. The van der Waals surface area contributed by atoms with E-state index >= 15 is 0 Å². The smallest absolute Gasteiger partial charge is 0.0781 e. The number of aliphatic hydroxyl groups excluding tert-OH is 1. The van der Waals surface area contributed by atoms with Gasteiger partial charge in [-0.25, -0.2) is 0 Å². The molecule has 0 amide bonds. The van der Waals surface area contributed by atoms with Crippen LogP contribution in [-0.4, -0.2) is 49.8 Å². The van der Waals surface area contributed by atoms with Crippen molar-refractivity contribution in [2.24, 2.45) is 0 Å². The molecule has 0 spiro atoms. The summed E-state index contributed by atoms with van der Waals surface area (Å²) >= 11 is 0. The van der Waals surface area contributed by atoms with E-state index in [1.54, 1.807) is 0 Å². The van der Waals surface area contributed by atoms with Gasteiger partial charge in [0.25, 0.3) is 0 Å². The molecule has 0 bridgehead atoms. The van der Waals surface area contributed by atoms with Crippen LogP contribution in [0.3, 0.4) is 0 Å². The molecular weight excluding hydrogens is 232 g/mol. The largest absolute Gasteiger partial charge is 0.394 e. The van der Waals surface area contributed by atoms with E-state index in [9.17, 15) is 0 Å². The zero-order valence-corrected chi connectivity index (χ0v) is 12.4. The van der Waals surface area contributed by atoms with Crippen molar-refractivity contribution < 1.29 is 19.3 Å². The van der Waals surface area contributed by atoms with Gasteiger partial charge in [0, 0.05) is 6.61 Å². The van der Waals surface area contributed by atoms with Crippen molar-refractivity contribution in [1.29, 1.82) is 0 Å². The Morgan fingerprint density at radius 1 is 0.833 bits per heavy atom. The lowest BCUT2D eigenvalue weighted by Gasteiger charge is -2.19. The van der Waals surface area contributed by atoms with Gasteiger partial charge in [-0.2, -0.15) is 0 Å². The summed E-state index contributed by atoms with van der Waals surface area (Å²) in [6, 6.07) is 0. The average molecular weight is 262 g/mol. The number of aliphatic hydroxyl groups is 1. The van der Waals surface area contributed by atoms with E-state index in [1.165, 1.54) is 12.8 Å². The van der Waals surface area contributed by atoms with Crippen molar-refractivity contribution in [1.82, 2.24) is 0 Å². The molecule has 0 aliphatic rings. The van der Waals surface area contributed by atoms with Gasteiger partial charge in [-0.3, -0.25) is 0 Å². The van der Waals surface area contributed by atoms with E-state index in [2.05, 4.69) is 6.92 Å². The lowest BCUT2D eigenvalue weighted by molar-refractivity contribution is -0.0745. The SMILES string of the molecule is CCCCCOC(C)COC(C)COC(C)CO. The fraction of sp³-hybridized carbons (Fsp3) is 1.00. The quantitative estimate of drug-likeness (QED) is 0.549. The molecule has 1 N–H and O–H groups in total. The molecule has 0 heterocycles. The molecule has 18 heavy (non-hydrogen) atoms. The summed E-state index contributed by atoms with van der Waals surface area (Å²) in [5.74, 6) is 0. The van der Waals surface area contributed by atoms with Gasteiger partial charge in [0.1, 0.15) is 0 Å². The predicted molar refractivity (Wildman–Crippen MR) is 72.9 cm³/mol. The molecule has 0 aliphatic carbocycles. The minimum Gasteiger partial charge on any atom is -0.394 e. The van der Waals surface area contributed by atoms with Crippen molar-refractivity contribution in [2.45, 2.75) is 65.3 Å². The van der Waals surface area contributed by atoms with Gasteiger partial charge in [-0.05, 0) is 27.2 Å². The molecule has 3 unspecified atom stereocenters. The van der Waals surface area contributed by atoms with Crippen LogP contribution >= 0.6 is 0 Å². The van der Waals surface area contributed by atoms with E-state index in [0.717, 1.165) is 13.0 Å². The van der Waals surface area contributed by atoms with Crippen LogP contribution in [-0.2, 0) is 14.2 Å². The normalized spacial score (nSPS) is 16.5. The summed E-state index contributed by atoms with van der Waals surface area (Å²) < 4.78 is 16.6. The Balaban J connectivity index is 3.43. The Hall–Kier alpha value is -0.160. The highest BCUT2D eigenvalue weighted by atomic mass is 16.6. The molecule has 0 aromatic rings. The first-order chi connectivity index (χ1) is 8.60. The molecule has 0 saturated heterocycles. The van der Waals surface area contributed by atoms with Crippen LogP contribution in [0.4, 0.5) is 0 Å². The first kappa shape index (κ1) is 17.8. The maximum Gasteiger partial charge on any atom is 0.0781 e. The Kier molecular flexibility index (Phi) is 11.8. The summed E-state index contributed by atoms with van der Waals surface area (Å²) in [4.78, 5) is 0. The molecule has 0 saturated carbocycles. The fourth-order valence-corrected chi connectivity index (χ4v) is 1.39. The third kappa shape index (κ3) is 11.0. The first-order valence-corrected chi connectivity index (χ1v) is 7.05. The maximum absolute atomic E-state index is 8.82. The lowest BCUT2D eigenvalue weighted by Crippen LogP contribution is -2.26. The van der Waals surface area contributed by atoms with E-state index in [4.69, 9.17) is 19.3 Å². The van der Waals surface area contributed by atoms with Gasteiger partial charge < -0.3 is 19.3 Å². The first-order valence-electron chi connectivity index (χ1n) is 7.05. The number of rotatable bonds is 12. The van der Waals surface area contributed by atoms with E-state index < -0.39 is 0 Å². The van der Waals surface area contributed by atoms with Gasteiger partial charge in [0.15, 0.2) is 0 Å². The van der Waals surface area contributed by atoms with Crippen LogP contribution in [0.2, 0.25) is 0 Å². The summed E-state index contributed by atoms with van der Waals surface area (Å²) in [5, 5.41) is 8.82. The molecule has 0 rings (SSSR count). The molecule has 0 fully saturated rings. The van der Waals surface area contributed by atoms with Crippen LogP contribution in [0.1, 0.15) is 47.0 Å². The number of ether oxygens (including phenoxy) is 3. The van der Waals surface area contributed by atoms with Gasteiger partial charge in [-0.1, -0.05) is 19.8 Å².